The molecule has 4 aromatic rings. The maximum atomic E-state index is 10.8. The van der Waals surface area contributed by atoms with Crippen LogP contribution in [-0.2, 0) is 25.8 Å². The Morgan fingerprint density at radius 2 is 2.19 bits per heavy atom. The topological polar surface area (TPSA) is 104 Å². The van der Waals surface area contributed by atoms with Crippen LogP contribution in [0.5, 0.6) is 0 Å². The van der Waals surface area contributed by atoms with E-state index < -0.39 is 4.92 Å². The molecule has 1 aliphatic rings. The van der Waals surface area contributed by atoms with Crippen LogP contribution in [0.3, 0.4) is 0 Å². The molecule has 0 amide bonds. The molecule has 0 bridgehead atoms. The summed E-state index contributed by atoms with van der Waals surface area (Å²) in [7, 11) is 0. The zero-order valence-electron chi connectivity index (χ0n) is 17.9. The molecule has 31 heavy (non-hydrogen) atoms. The third-order valence-corrected chi connectivity index (χ3v) is 7.99. The van der Waals surface area contributed by atoms with Crippen molar-refractivity contribution >= 4 is 33.0 Å². The fraction of sp³-hybridized carbons (Fsp3) is 0.524. The van der Waals surface area contributed by atoms with Gasteiger partial charge in [0.05, 0.1) is 29.3 Å². The van der Waals surface area contributed by atoms with Crippen molar-refractivity contribution in [2.24, 2.45) is 11.3 Å². The molecule has 4 aromatic heterocycles. The molecule has 9 nitrogen and oxygen atoms in total. The van der Waals surface area contributed by atoms with Crippen molar-refractivity contribution in [3.05, 3.63) is 45.0 Å². The Morgan fingerprint density at radius 3 is 2.94 bits per heavy atom. The predicted octanol–water partition coefficient (Wildman–Crippen LogP) is 4.23. The van der Waals surface area contributed by atoms with Gasteiger partial charge in [-0.1, -0.05) is 27.2 Å². The molecule has 0 saturated heterocycles. The van der Waals surface area contributed by atoms with E-state index in [9.17, 15) is 10.1 Å². The number of rotatable bonds is 6. The predicted molar refractivity (Wildman–Crippen MR) is 118 cm³/mol. The van der Waals surface area contributed by atoms with Crippen LogP contribution in [0.1, 0.15) is 49.9 Å². The van der Waals surface area contributed by atoms with Gasteiger partial charge in [-0.3, -0.25) is 0 Å². The molecule has 0 aromatic carbocycles. The van der Waals surface area contributed by atoms with Crippen molar-refractivity contribution in [2.45, 2.75) is 59.4 Å². The van der Waals surface area contributed by atoms with Crippen LogP contribution < -0.4 is 0 Å². The molecule has 0 fully saturated rings. The van der Waals surface area contributed by atoms with E-state index in [1.807, 2.05) is 0 Å². The highest BCUT2D eigenvalue weighted by Crippen LogP contribution is 2.44. The molecule has 0 radical (unpaired) electrons. The maximum absolute atomic E-state index is 10.8. The Balaban J connectivity index is 1.44. The van der Waals surface area contributed by atoms with Gasteiger partial charge >= 0.3 is 5.82 Å². The van der Waals surface area contributed by atoms with Crippen molar-refractivity contribution in [2.75, 3.05) is 0 Å². The van der Waals surface area contributed by atoms with Crippen LogP contribution in [0.2, 0.25) is 0 Å². The first-order valence-electron chi connectivity index (χ1n) is 10.7. The minimum atomic E-state index is -0.492. The first kappa shape index (κ1) is 20.0. The standard InChI is InChI=1S/C21H25N7O2S/c1-4-21(2,3)13-5-6-14-15(11-13)31-20-18(14)19-23-16(24-27(19)12-22-20)7-9-26-10-8-17(25-26)28(29)30/h8,10,12-13H,4-7,9,11H2,1-3H3/t13-/m1/s1. The van der Waals surface area contributed by atoms with Gasteiger partial charge in [0.2, 0.25) is 0 Å². The number of hydrogen-bond acceptors (Lipinski definition) is 7. The molecule has 0 aliphatic heterocycles. The van der Waals surface area contributed by atoms with E-state index in [0.717, 1.165) is 28.7 Å². The second-order valence-corrected chi connectivity index (χ2v) is 10.0. The van der Waals surface area contributed by atoms with Gasteiger partial charge in [-0.05, 0) is 41.1 Å². The molecule has 5 rings (SSSR count). The Kier molecular flexibility index (Phi) is 4.76. The number of nitrogens with zero attached hydrogens (tertiary/aromatic N) is 7. The average molecular weight is 440 g/mol. The van der Waals surface area contributed by atoms with Crippen LogP contribution >= 0.6 is 11.3 Å². The minimum Gasteiger partial charge on any atom is -0.358 e. The number of hydrogen-bond donors (Lipinski definition) is 0. The Labute approximate surface area is 183 Å². The summed E-state index contributed by atoms with van der Waals surface area (Å²) in [6.45, 7) is 7.53. The van der Waals surface area contributed by atoms with Crippen molar-refractivity contribution in [3.8, 4) is 0 Å². The van der Waals surface area contributed by atoms with Gasteiger partial charge in [0, 0.05) is 11.3 Å². The largest absolute Gasteiger partial charge is 0.389 e. The molecule has 1 aliphatic carbocycles. The van der Waals surface area contributed by atoms with Crippen LogP contribution in [0.25, 0.3) is 15.9 Å². The van der Waals surface area contributed by atoms with Gasteiger partial charge in [0.25, 0.3) is 0 Å². The molecular weight excluding hydrogens is 414 g/mol. The molecule has 4 heterocycles. The molecule has 1 atom stereocenters. The maximum Gasteiger partial charge on any atom is 0.389 e. The molecule has 0 N–H and O–H groups in total. The van der Waals surface area contributed by atoms with Crippen LogP contribution in [0.15, 0.2) is 18.6 Å². The molecular formula is C21H25N7O2S. The number of thiophene rings is 1. The molecule has 0 unspecified atom stereocenters. The first-order valence-corrected chi connectivity index (χ1v) is 11.5. The third kappa shape index (κ3) is 3.48. The van der Waals surface area contributed by atoms with Gasteiger partial charge in [-0.15, -0.1) is 16.4 Å². The summed E-state index contributed by atoms with van der Waals surface area (Å²) in [5, 5.41) is 20.5. The quantitative estimate of drug-likeness (QED) is 0.329. The lowest BCUT2D eigenvalue weighted by Gasteiger charge is -2.36. The molecule has 0 saturated carbocycles. The van der Waals surface area contributed by atoms with Crippen LogP contribution in [0, 0.1) is 21.4 Å². The van der Waals surface area contributed by atoms with Gasteiger partial charge in [-0.2, -0.15) is 4.68 Å². The normalized spacial score (nSPS) is 16.8. The minimum absolute atomic E-state index is 0.150. The Bertz CT molecular complexity index is 1290. The summed E-state index contributed by atoms with van der Waals surface area (Å²) < 4.78 is 3.32. The van der Waals surface area contributed by atoms with E-state index in [4.69, 9.17) is 4.98 Å². The van der Waals surface area contributed by atoms with Crippen molar-refractivity contribution < 1.29 is 4.92 Å². The summed E-state index contributed by atoms with van der Waals surface area (Å²) in [6, 6.07) is 1.40. The zero-order valence-corrected chi connectivity index (χ0v) is 18.7. The fourth-order valence-corrected chi connectivity index (χ4v) is 5.73. The molecule has 162 valence electrons. The van der Waals surface area contributed by atoms with E-state index in [2.05, 4.69) is 36.0 Å². The van der Waals surface area contributed by atoms with E-state index >= 15 is 0 Å². The summed E-state index contributed by atoms with van der Waals surface area (Å²) in [6.07, 6.45) is 8.44. The van der Waals surface area contributed by atoms with Crippen LogP contribution in [-0.4, -0.2) is 34.3 Å². The summed E-state index contributed by atoms with van der Waals surface area (Å²) in [5.74, 6) is 1.23. The van der Waals surface area contributed by atoms with Gasteiger partial charge in [0.1, 0.15) is 11.2 Å². The summed E-state index contributed by atoms with van der Waals surface area (Å²) in [5.41, 5.74) is 2.60. The van der Waals surface area contributed by atoms with Gasteiger partial charge in [0.15, 0.2) is 11.5 Å². The highest BCUT2D eigenvalue weighted by molar-refractivity contribution is 7.19. The van der Waals surface area contributed by atoms with Crippen molar-refractivity contribution in [3.63, 3.8) is 0 Å². The van der Waals surface area contributed by atoms with Gasteiger partial charge in [-0.25, -0.2) is 14.5 Å². The van der Waals surface area contributed by atoms with Crippen molar-refractivity contribution in [1.82, 2.24) is 29.4 Å². The van der Waals surface area contributed by atoms with E-state index in [1.54, 1.807) is 33.1 Å². The number of fused-ring (bicyclic) bond motifs is 5. The number of nitro groups is 1. The summed E-state index contributed by atoms with van der Waals surface area (Å²) >= 11 is 1.80. The highest BCUT2D eigenvalue weighted by atomic mass is 32.1. The highest BCUT2D eigenvalue weighted by Gasteiger charge is 2.33. The first-order chi connectivity index (χ1) is 14.9. The molecule has 0 spiro atoms. The van der Waals surface area contributed by atoms with E-state index in [0.29, 0.717) is 30.1 Å². The average Bonchev–Trinajstić information content (AvgIpc) is 3.46. The monoisotopic (exact) mass is 439 g/mol. The van der Waals surface area contributed by atoms with E-state index in [1.165, 1.54) is 29.3 Å². The van der Waals surface area contributed by atoms with Gasteiger partial charge < -0.3 is 10.1 Å². The van der Waals surface area contributed by atoms with Crippen molar-refractivity contribution in [1.29, 1.82) is 0 Å². The Morgan fingerprint density at radius 1 is 1.35 bits per heavy atom. The smallest absolute Gasteiger partial charge is 0.358 e. The lowest BCUT2D eigenvalue weighted by molar-refractivity contribution is -0.389. The fourth-order valence-electron chi connectivity index (χ4n) is 4.47. The SMILES string of the molecule is CCC(C)(C)[C@@H]1CCc2c(sc3ncn4nc(CCn5ccc([N+](=O)[O-])n5)nc4c23)C1. The Hall–Kier alpha value is -2.88. The lowest BCUT2D eigenvalue weighted by Crippen LogP contribution is -2.28. The van der Waals surface area contributed by atoms with E-state index in [-0.39, 0.29) is 5.82 Å². The third-order valence-electron chi connectivity index (χ3n) is 6.82. The second kappa shape index (κ2) is 7.37. The lowest BCUT2D eigenvalue weighted by atomic mass is 9.70. The molecule has 10 heteroatoms. The summed E-state index contributed by atoms with van der Waals surface area (Å²) in [4.78, 5) is 22.3. The second-order valence-electron chi connectivity index (χ2n) is 8.95. The number of aryl methyl sites for hydroxylation is 3. The zero-order chi connectivity index (χ0) is 21.8. The van der Waals surface area contributed by atoms with Crippen LogP contribution in [0.4, 0.5) is 5.82 Å². The number of aromatic nitrogens is 6.